The summed E-state index contributed by atoms with van der Waals surface area (Å²) in [6.45, 7) is 3.32. The monoisotopic (exact) mass is 578 g/mol. The molecule has 35 heavy (non-hydrogen) atoms. The molecule has 0 aliphatic heterocycles. The number of halogens is 1. The van der Waals surface area contributed by atoms with E-state index >= 15 is 0 Å². The van der Waals surface area contributed by atoms with Crippen LogP contribution in [0.3, 0.4) is 0 Å². The first-order valence-corrected chi connectivity index (χ1v) is 15.0. The number of hydrogen-bond acceptors (Lipinski definition) is 5. The van der Waals surface area contributed by atoms with Crippen LogP contribution in [-0.2, 0) is 24.7 Å². The zero-order valence-electron chi connectivity index (χ0n) is 19.6. The molecule has 3 rings (SSSR count). The standard InChI is InChI=1S/C25H27BrN2O5S2/c1-4-24(19-7-15-22(16-8-19)34(3,30)31)27-25(29)17-28(21-11-9-20(26)10-12-21)35(32,33)23-13-5-18(2)6-14-23/h5-16,24H,4,17H2,1-3H3,(H,27,29). The number of carbonyl (C=O) groups is 1. The summed E-state index contributed by atoms with van der Waals surface area (Å²) in [6, 6.07) is 19.0. The Bertz CT molecular complexity index is 1390. The molecule has 1 unspecified atom stereocenters. The quantitative estimate of drug-likeness (QED) is 0.399. The van der Waals surface area contributed by atoms with Crippen LogP contribution in [0.5, 0.6) is 0 Å². The largest absolute Gasteiger partial charge is 0.348 e. The number of sulfone groups is 1. The summed E-state index contributed by atoms with van der Waals surface area (Å²) in [5, 5.41) is 2.88. The molecule has 3 aromatic rings. The molecule has 0 aliphatic carbocycles. The molecule has 0 fully saturated rings. The molecule has 0 heterocycles. The second kappa shape index (κ2) is 10.9. The molecule has 0 aromatic heterocycles. The van der Waals surface area contributed by atoms with Crippen molar-refractivity contribution in [3.8, 4) is 0 Å². The highest BCUT2D eigenvalue weighted by atomic mass is 79.9. The maximum absolute atomic E-state index is 13.5. The molecule has 0 saturated carbocycles. The smallest absolute Gasteiger partial charge is 0.264 e. The average molecular weight is 580 g/mol. The predicted molar refractivity (Wildman–Crippen MR) is 141 cm³/mol. The fourth-order valence-corrected chi connectivity index (χ4v) is 5.81. The van der Waals surface area contributed by atoms with Crippen molar-refractivity contribution in [2.75, 3.05) is 17.1 Å². The molecule has 0 aliphatic rings. The minimum absolute atomic E-state index is 0.0854. The Balaban J connectivity index is 1.88. The topological polar surface area (TPSA) is 101 Å². The second-order valence-corrected chi connectivity index (χ2v) is 13.0. The van der Waals surface area contributed by atoms with E-state index < -0.39 is 38.4 Å². The van der Waals surface area contributed by atoms with Gasteiger partial charge in [-0.25, -0.2) is 16.8 Å². The zero-order chi connectivity index (χ0) is 25.8. The number of sulfonamides is 1. The van der Waals surface area contributed by atoms with E-state index in [0.29, 0.717) is 12.1 Å². The first kappa shape index (κ1) is 26.9. The van der Waals surface area contributed by atoms with E-state index in [1.807, 2.05) is 13.8 Å². The van der Waals surface area contributed by atoms with Crippen molar-refractivity contribution in [2.45, 2.75) is 36.1 Å². The van der Waals surface area contributed by atoms with Gasteiger partial charge >= 0.3 is 0 Å². The van der Waals surface area contributed by atoms with Crippen LogP contribution in [0, 0.1) is 6.92 Å². The number of hydrogen-bond donors (Lipinski definition) is 1. The van der Waals surface area contributed by atoms with Gasteiger partial charge in [0.15, 0.2) is 9.84 Å². The van der Waals surface area contributed by atoms with E-state index in [1.165, 1.54) is 24.3 Å². The SMILES string of the molecule is CCC(NC(=O)CN(c1ccc(Br)cc1)S(=O)(=O)c1ccc(C)cc1)c1ccc(S(C)(=O)=O)cc1. The van der Waals surface area contributed by atoms with Crippen molar-refractivity contribution in [3.63, 3.8) is 0 Å². The van der Waals surface area contributed by atoms with Crippen molar-refractivity contribution in [2.24, 2.45) is 0 Å². The number of carbonyl (C=O) groups excluding carboxylic acids is 1. The molecular formula is C25H27BrN2O5S2. The Morgan fingerprint density at radius 1 is 0.886 bits per heavy atom. The van der Waals surface area contributed by atoms with Gasteiger partial charge in [-0.1, -0.05) is 52.7 Å². The van der Waals surface area contributed by atoms with E-state index in [4.69, 9.17) is 0 Å². The van der Waals surface area contributed by atoms with Gasteiger partial charge < -0.3 is 5.32 Å². The lowest BCUT2D eigenvalue weighted by atomic mass is 10.0. The minimum atomic E-state index is -4.02. The van der Waals surface area contributed by atoms with Gasteiger partial charge in [0.2, 0.25) is 5.91 Å². The van der Waals surface area contributed by atoms with Gasteiger partial charge in [-0.05, 0) is 67.4 Å². The summed E-state index contributed by atoms with van der Waals surface area (Å²) in [7, 11) is -7.35. The molecule has 1 N–H and O–H groups in total. The van der Waals surface area contributed by atoms with Crippen molar-refractivity contribution in [1.82, 2.24) is 5.32 Å². The van der Waals surface area contributed by atoms with E-state index in [-0.39, 0.29) is 9.79 Å². The maximum Gasteiger partial charge on any atom is 0.264 e. The van der Waals surface area contributed by atoms with Gasteiger partial charge in [-0.3, -0.25) is 9.10 Å². The molecule has 0 bridgehead atoms. The van der Waals surface area contributed by atoms with Crippen LogP contribution in [0.2, 0.25) is 0 Å². The van der Waals surface area contributed by atoms with E-state index in [9.17, 15) is 21.6 Å². The lowest BCUT2D eigenvalue weighted by Gasteiger charge is -2.26. The molecule has 10 heteroatoms. The number of amides is 1. The summed E-state index contributed by atoms with van der Waals surface area (Å²) in [4.78, 5) is 13.3. The highest BCUT2D eigenvalue weighted by molar-refractivity contribution is 9.10. The summed E-state index contributed by atoms with van der Waals surface area (Å²) in [5.41, 5.74) is 2.00. The van der Waals surface area contributed by atoms with Crippen molar-refractivity contribution < 1.29 is 21.6 Å². The van der Waals surface area contributed by atoms with Crippen LogP contribution < -0.4 is 9.62 Å². The maximum atomic E-state index is 13.5. The van der Waals surface area contributed by atoms with Crippen LogP contribution in [0.4, 0.5) is 5.69 Å². The predicted octanol–water partition coefficient (Wildman–Crippen LogP) is 4.62. The Labute approximate surface area is 215 Å². The molecular weight excluding hydrogens is 552 g/mol. The van der Waals surface area contributed by atoms with Crippen molar-refractivity contribution in [1.29, 1.82) is 0 Å². The number of rotatable bonds is 9. The second-order valence-electron chi connectivity index (χ2n) is 8.17. The third-order valence-electron chi connectivity index (χ3n) is 5.46. The molecule has 1 amide bonds. The number of benzene rings is 3. The van der Waals surface area contributed by atoms with Gasteiger partial charge in [-0.15, -0.1) is 0 Å². The third-order valence-corrected chi connectivity index (χ3v) is 8.91. The van der Waals surface area contributed by atoms with Crippen LogP contribution in [0.25, 0.3) is 0 Å². The van der Waals surface area contributed by atoms with E-state index in [2.05, 4.69) is 21.2 Å². The fourth-order valence-electron chi connectivity index (χ4n) is 3.50. The molecule has 0 spiro atoms. The Morgan fingerprint density at radius 2 is 1.43 bits per heavy atom. The number of nitrogens with one attached hydrogen (secondary N) is 1. The molecule has 186 valence electrons. The minimum Gasteiger partial charge on any atom is -0.348 e. The van der Waals surface area contributed by atoms with E-state index in [0.717, 1.165) is 26.2 Å². The highest BCUT2D eigenvalue weighted by Crippen LogP contribution is 2.26. The van der Waals surface area contributed by atoms with Crippen molar-refractivity contribution >= 4 is 47.4 Å². The first-order chi connectivity index (χ1) is 16.4. The zero-order valence-corrected chi connectivity index (χ0v) is 22.8. The Morgan fingerprint density at radius 3 is 1.94 bits per heavy atom. The summed E-state index contributed by atoms with van der Waals surface area (Å²) in [6.07, 6.45) is 1.67. The molecule has 0 saturated heterocycles. The molecule has 0 radical (unpaired) electrons. The summed E-state index contributed by atoms with van der Waals surface area (Å²) < 4.78 is 52.3. The van der Waals surface area contributed by atoms with E-state index in [1.54, 1.807) is 48.5 Å². The van der Waals surface area contributed by atoms with Crippen LogP contribution in [0.1, 0.15) is 30.5 Å². The van der Waals surface area contributed by atoms with Crippen LogP contribution in [0.15, 0.2) is 87.1 Å². The summed E-state index contributed by atoms with van der Waals surface area (Å²) in [5.74, 6) is -0.484. The van der Waals surface area contributed by atoms with Crippen molar-refractivity contribution in [3.05, 3.63) is 88.4 Å². The highest BCUT2D eigenvalue weighted by Gasteiger charge is 2.28. The number of nitrogens with zero attached hydrogens (tertiary/aromatic N) is 1. The van der Waals surface area contributed by atoms with Crippen LogP contribution >= 0.6 is 15.9 Å². The number of anilines is 1. The van der Waals surface area contributed by atoms with Gasteiger partial charge in [0, 0.05) is 10.7 Å². The lowest BCUT2D eigenvalue weighted by Crippen LogP contribution is -2.42. The van der Waals surface area contributed by atoms with Gasteiger partial charge in [0.1, 0.15) is 6.54 Å². The van der Waals surface area contributed by atoms with Gasteiger partial charge in [0.05, 0.1) is 21.5 Å². The molecule has 7 nitrogen and oxygen atoms in total. The molecule has 3 aromatic carbocycles. The Hall–Kier alpha value is -2.69. The third kappa shape index (κ3) is 6.71. The first-order valence-electron chi connectivity index (χ1n) is 10.9. The average Bonchev–Trinajstić information content (AvgIpc) is 2.81. The summed E-state index contributed by atoms with van der Waals surface area (Å²) >= 11 is 3.35. The van der Waals surface area contributed by atoms with Crippen LogP contribution in [-0.4, -0.2) is 35.5 Å². The van der Waals surface area contributed by atoms with Gasteiger partial charge in [-0.2, -0.15) is 0 Å². The van der Waals surface area contributed by atoms with Gasteiger partial charge in [0.25, 0.3) is 10.0 Å². The normalized spacial score (nSPS) is 12.7. The molecule has 1 atom stereocenters. The Kier molecular flexibility index (Phi) is 8.40. The lowest BCUT2D eigenvalue weighted by molar-refractivity contribution is -0.120. The number of aryl methyl sites for hydroxylation is 1. The fraction of sp³-hybridized carbons (Fsp3) is 0.240.